The number of benzene rings is 1. The van der Waals surface area contributed by atoms with Gasteiger partial charge >= 0.3 is 0 Å². The molecule has 0 aliphatic heterocycles. The van der Waals surface area contributed by atoms with Crippen LogP contribution in [0.5, 0.6) is 0 Å². The monoisotopic (exact) mass is 274 g/mol. The summed E-state index contributed by atoms with van der Waals surface area (Å²) in [5.41, 5.74) is 2.04. The quantitative estimate of drug-likeness (QED) is 0.514. The maximum Gasteiger partial charge on any atom is 0.211 e. The van der Waals surface area contributed by atoms with Crippen molar-refractivity contribution in [2.24, 2.45) is 0 Å². The van der Waals surface area contributed by atoms with Crippen LogP contribution in [0.2, 0.25) is 0 Å². The van der Waals surface area contributed by atoms with Gasteiger partial charge < -0.3 is 17.0 Å². The number of carbonyl (C=O) groups is 1. The number of hydrogen-bond donors (Lipinski definition) is 0. The molecule has 0 saturated heterocycles. The fraction of sp³-hybridized carbons (Fsp3) is 0.364. The van der Waals surface area contributed by atoms with Crippen molar-refractivity contribution < 1.29 is 21.8 Å². The van der Waals surface area contributed by atoms with E-state index in [4.69, 9.17) is 0 Å². The summed E-state index contributed by atoms with van der Waals surface area (Å²) in [5, 5.41) is 0. The molecule has 0 aliphatic rings. The molecule has 0 radical (unpaired) electrons. The molecule has 78 valence electrons. The van der Waals surface area contributed by atoms with E-state index in [-0.39, 0.29) is 33.7 Å². The zero-order valence-electron chi connectivity index (χ0n) is 8.71. The highest BCUT2D eigenvalue weighted by Gasteiger charge is 2.12. The second-order valence-corrected chi connectivity index (χ2v) is 5.68. The Hall–Kier alpha value is -0.280. The van der Waals surface area contributed by atoms with Gasteiger partial charge in [0.1, 0.15) is 0 Å². The zero-order chi connectivity index (χ0) is 9.84. The Kier molecular flexibility index (Phi) is 6.12. The normalized spacial score (nSPS) is 9.71. The van der Waals surface area contributed by atoms with E-state index in [1.807, 2.05) is 31.2 Å². The van der Waals surface area contributed by atoms with E-state index >= 15 is 0 Å². The van der Waals surface area contributed by atoms with Crippen molar-refractivity contribution in [1.29, 1.82) is 0 Å². The van der Waals surface area contributed by atoms with Gasteiger partial charge in [-0.2, -0.15) is 0 Å². The molecule has 0 atom stereocenters. The Labute approximate surface area is 99.0 Å². The fourth-order valence-corrected chi connectivity index (χ4v) is 1.78. The van der Waals surface area contributed by atoms with Gasteiger partial charge in [0.25, 0.3) is 0 Å². The largest absolute Gasteiger partial charge is 1.00 e. The summed E-state index contributed by atoms with van der Waals surface area (Å²) in [7, 11) is 0.199. The lowest BCUT2D eigenvalue weighted by atomic mass is 10.1. The van der Waals surface area contributed by atoms with E-state index in [0.29, 0.717) is 5.75 Å². The van der Waals surface area contributed by atoms with Crippen LogP contribution in [0.3, 0.4) is 0 Å². The zero-order valence-corrected chi connectivity index (χ0v) is 11.1. The molecule has 1 nitrogen and oxygen atoms in total. The molecule has 0 amide bonds. The molecule has 0 fully saturated rings. The second kappa shape index (κ2) is 6.25. The molecular formula is C11H15BrOS. The van der Waals surface area contributed by atoms with Crippen molar-refractivity contribution in [3.8, 4) is 0 Å². The molecule has 0 unspecified atom stereocenters. The predicted molar refractivity (Wildman–Crippen MR) is 59.6 cm³/mol. The van der Waals surface area contributed by atoms with E-state index in [1.165, 1.54) is 5.56 Å². The van der Waals surface area contributed by atoms with Gasteiger partial charge in [0.15, 0.2) is 5.75 Å². The Morgan fingerprint density at radius 3 is 2.14 bits per heavy atom. The Balaban J connectivity index is 0.00000169. The summed E-state index contributed by atoms with van der Waals surface area (Å²) in [6, 6.07) is 7.78. The van der Waals surface area contributed by atoms with E-state index in [0.717, 1.165) is 5.56 Å². The van der Waals surface area contributed by atoms with Crippen molar-refractivity contribution in [1.82, 2.24) is 0 Å². The highest BCUT2D eigenvalue weighted by atomic mass is 79.9. The van der Waals surface area contributed by atoms with Crippen molar-refractivity contribution >= 4 is 16.7 Å². The van der Waals surface area contributed by atoms with E-state index in [9.17, 15) is 4.79 Å². The molecule has 0 N–H and O–H groups in total. The van der Waals surface area contributed by atoms with Crippen molar-refractivity contribution in [2.75, 3.05) is 18.3 Å². The van der Waals surface area contributed by atoms with Crippen LogP contribution in [0, 0.1) is 6.92 Å². The first kappa shape index (κ1) is 13.7. The average molecular weight is 275 g/mol. The molecule has 3 heteroatoms. The standard InChI is InChI=1S/C11H15OS.BrH/c1-9-4-6-10(7-5-9)11(12)8-13(2)3;/h4-7H,8H2,1-3H3;1H/q+1;/p-1. The highest BCUT2D eigenvalue weighted by Crippen LogP contribution is 2.05. The molecule has 14 heavy (non-hydrogen) atoms. The van der Waals surface area contributed by atoms with Crippen molar-refractivity contribution in [2.45, 2.75) is 6.92 Å². The summed E-state index contributed by atoms with van der Waals surface area (Å²) in [4.78, 5) is 11.6. The van der Waals surface area contributed by atoms with Crippen LogP contribution < -0.4 is 17.0 Å². The lowest BCUT2D eigenvalue weighted by Gasteiger charge is -1.99. The number of aryl methyl sites for hydroxylation is 1. The van der Waals surface area contributed by atoms with Gasteiger partial charge in [-0.25, -0.2) is 0 Å². The first-order chi connectivity index (χ1) is 6.09. The number of rotatable bonds is 3. The number of hydrogen-bond acceptors (Lipinski definition) is 1. The summed E-state index contributed by atoms with van der Waals surface area (Å²) >= 11 is 0. The topological polar surface area (TPSA) is 17.1 Å². The minimum Gasteiger partial charge on any atom is -1.00 e. The number of ketones is 1. The van der Waals surface area contributed by atoms with Crippen LogP contribution in [0.4, 0.5) is 0 Å². The number of Topliss-reactive ketones (excluding diaryl/α,β-unsaturated/α-hetero) is 1. The van der Waals surface area contributed by atoms with Gasteiger partial charge in [-0.3, -0.25) is 4.79 Å². The molecule has 1 aromatic carbocycles. The number of carbonyl (C=O) groups excluding carboxylic acids is 1. The van der Waals surface area contributed by atoms with Gasteiger partial charge in [-0.15, -0.1) is 0 Å². The molecule has 0 bridgehead atoms. The van der Waals surface area contributed by atoms with Gasteiger partial charge in [-0.05, 0) is 17.8 Å². The first-order valence-corrected chi connectivity index (χ1v) is 6.44. The molecule has 0 aromatic heterocycles. The van der Waals surface area contributed by atoms with Gasteiger partial charge in [0, 0.05) is 5.56 Å². The number of halogens is 1. The summed E-state index contributed by atoms with van der Waals surface area (Å²) in [6.07, 6.45) is 4.18. The molecular weight excluding hydrogens is 260 g/mol. The van der Waals surface area contributed by atoms with Crippen LogP contribution in [0.25, 0.3) is 0 Å². The lowest BCUT2D eigenvalue weighted by molar-refractivity contribution is -0.0000108. The van der Waals surface area contributed by atoms with Gasteiger partial charge in [0.2, 0.25) is 5.78 Å². The summed E-state index contributed by atoms with van der Waals surface area (Å²) in [5.74, 6) is 0.927. The lowest BCUT2D eigenvalue weighted by Crippen LogP contribution is -3.00. The molecule has 1 aromatic rings. The van der Waals surface area contributed by atoms with Gasteiger partial charge in [-0.1, -0.05) is 29.8 Å². The minimum atomic E-state index is 0. The van der Waals surface area contributed by atoms with Crippen LogP contribution in [-0.2, 0) is 10.9 Å². The van der Waals surface area contributed by atoms with E-state index in [2.05, 4.69) is 12.5 Å². The van der Waals surface area contributed by atoms with Crippen LogP contribution in [0.1, 0.15) is 15.9 Å². The van der Waals surface area contributed by atoms with Crippen molar-refractivity contribution in [3.63, 3.8) is 0 Å². The third kappa shape index (κ3) is 4.29. The minimum absolute atomic E-state index is 0. The van der Waals surface area contributed by atoms with Gasteiger partial charge in [0.05, 0.1) is 12.5 Å². The summed E-state index contributed by atoms with van der Waals surface area (Å²) < 4.78 is 0. The average Bonchev–Trinajstić information content (AvgIpc) is 2.04. The molecule has 0 spiro atoms. The first-order valence-electron chi connectivity index (χ1n) is 4.23. The fourth-order valence-electron chi connectivity index (χ4n) is 1.08. The Morgan fingerprint density at radius 2 is 1.71 bits per heavy atom. The maximum absolute atomic E-state index is 11.6. The molecule has 1 rings (SSSR count). The molecule has 0 heterocycles. The van der Waals surface area contributed by atoms with Crippen LogP contribution >= 0.6 is 0 Å². The Morgan fingerprint density at radius 1 is 1.21 bits per heavy atom. The maximum atomic E-state index is 11.6. The third-order valence-corrected chi connectivity index (χ3v) is 2.63. The van der Waals surface area contributed by atoms with Crippen LogP contribution in [0.15, 0.2) is 24.3 Å². The SMILES string of the molecule is Cc1ccc(C(=O)C[S+](C)C)cc1.[Br-]. The Bertz CT molecular complexity index is 293. The van der Waals surface area contributed by atoms with Crippen LogP contribution in [-0.4, -0.2) is 24.0 Å². The van der Waals surface area contributed by atoms with E-state index in [1.54, 1.807) is 0 Å². The summed E-state index contributed by atoms with van der Waals surface area (Å²) in [6.45, 7) is 2.03. The van der Waals surface area contributed by atoms with E-state index < -0.39 is 0 Å². The predicted octanol–water partition coefficient (Wildman–Crippen LogP) is -0.940. The second-order valence-electron chi connectivity index (χ2n) is 3.42. The smallest absolute Gasteiger partial charge is 0.211 e. The molecule has 0 saturated carbocycles. The highest BCUT2D eigenvalue weighted by molar-refractivity contribution is 7.96. The van der Waals surface area contributed by atoms with Crippen molar-refractivity contribution in [3.05, 3.63) is 35.4 Å². The molecule has 0 aliphatic carbocycles. The third-order valence-electron chi connectivity index (χ3n) is 1.79.